The molecule has 1 aromatic carbocycles. The van der Waals surface area contributed by atoms with Crippen molar-refractivity contribution in [2.75, 3.05) is 13.1 Å². The largest absolute Gasteiger partial charge is 0.336 e. The zero-order chi connectivity index (χ0) is 13.8. The van der Waals surface area contributed by atoms with Gasteiger partial charge < -0.3 is 10.6 Å². The molecule has 1 amide bonds. The Bertz CT molecular complexity index is 452. The molecule has 1 aromatic rings. The molecule has 0 spiro atoms. The maximum absolute atomic E-state index is 12.6. The smallest absolute Gasteiger partial charge is 0.254 e. The summed E-state index contributed by atoms with van der Waals surface area (Å²) in [6, 6.07) is 6.41. The van der Waals surface area contributed by atoms with Gasteiger partial charge in [0.2, 0.25) is 0 Å². The zero-order valence-electron chi connectivity index (χ0n) is 12.0. The van der Waals surface area contributed by atoms with Crippen molar-refractivity contribution in [2.24, 2.45) is 5.73 Å². The van der Waals surface area contributed by atoms with Gasteiger partial charge >= 0.3 is 0 Å². The van der Waals surface area contributed by atoms with E-state index in [1.807, 2.05) is 23.1 Å². The van der Waals surface area contributed by atoms with E-state index in [0.717, 1.165) is 31.4 Å². The molecule has 0 unspecified atom stereocenters. The Hall–Kier alpha value is -1.35. The summed E-state index contributed by atoms with van der Waals surface area (Å²) < 4.78 is 0. The molecule has 0 radical (unpaired) electrons. The molecule has 3 nitrogen and oxygen atoms in total. The second-order valence-corrected chi connectivity index (χ2v) is 5.52. The van der Waals surface area contributed by atoms with Gasteiger partial charge in [-0.2, -0.15) is 0 Å². The molecule has 3 heteroatoms. The van der Waals surface area contributed by atoms with Crippen molar-refractivity contribution >= 4 is 5.91 Å². The molecule has 0 atom stereocenters. The molecule has 104 valence electrons. The van der Waals surface area contributed by atoms with Gasteiger partial charge in [0.25, 0.3) is 5.91 Å². The lowest BCUT2D eigenvalue weighted by Gasteiger charge is -2.37. The van der Waals surface area contributed by atoms with E-state index >= 15 is 0 Å². The Morgan fingerprint density at radius 2 is 2.05 bits per heavy atom. The van der Waals surface area contributed by atoms with Crippen LogP contribution in [0.15, 0.2) is 18.2 Å². The van der Waals surface area contributed by atoms with Crippen molar-refractivity contribution in [3.63, 3.8) is 0 Å². The van der Waals surface area contributed by atoms with Gasteiger partial charge in [-0.25, -0.2) is 0 Å². The van der Waals surface area contributed by atoms with Crippen molar-refractivity contribution in [3.05, 3.63) is 34.9 Å². The predicted octanol–water partition coefficient (Wildman–Crippen LogP) is 2.65. The van der Waals surface area contributed by atoms with Crippen LogP contribution in [-0.4, -0.2) is 29.9 Å². The molecule has 1 saturated carbocycles. The summed E-state index contributed by atoms with van der Waals surface area (Å²) in [5.74, 6) is 0.168. The highest BCUT2D eigenvalue weighted by Gasteiger charge is 2.28. The van der Waals surface area contributed by atoms with Gasteiger partial charge in [-0.1, -0.05) is 6.07 Å². The average Bonchev–Trinajstić information content (AvgIpc) is 2.34. The third-order valence-electron chi connectivity index (χ3n) is 4.13. The minimum absolute atomic E-state index is 0.168. The monoisotopic (exact) mass is 260 g/mol. The van der Waals surface area contributed by atoms with E-state index in [1.165, 1.54) is 17.5 Å². The summed E-state index contributed by atoms with van der Waals surface area (Å²) in [5.41, 5.74) is 8.80. The molecule has 0 saturated heterocycles. The van der Waals surface area contributed by atoms with Crippen LogP contribution < -0.4 is 5.73 Å². The molecular formula is C16H24N2O. The van der Waals surface area contributed by atoms with Gasteiger partial charge in [-0.05, 0) is 69.3 Å². The lowest BCUT2D eigenvalue weighted by Crippen LogP contribution is -2.45. The number of carbonyl (C=O) groups is 1. The van der Waals surface area contributed by atoms with Crippen LogP contribution in [0, 0.1) is 13.8 Å². The minimum atomic E-state index is 0.168. The van der Waals surface area contributed by atoms with Gasteiger partial charge in [-0.3, -0.25) is 4.79 Å². The van der Waals surface area contributed by atoms with Gasteiger partial charge in [0.1, 0.15) is 0 Å². The number of amides is 1. The Kier molecular flexibility index (Phi) is 4.59. The number of hydrogen-bond donors (Lipinski definition) is 1. The minimum Gasteiger partial charge on any atom is -0.336 e. The highest BCUT2D eigenvalue weighted by atomic mass is 16.2. The van der Waals surface area contributed by atoms with Gasteiger partial charge in [0, 0.05) is 18.2 Å². The number of carbonyl (C=O) groups excluding carboxylic acids is 1. The summed E-state index contributed by atoms with van der Waals surface area (Å²) >= 11 is 0. The van der Waals surface area contributed by atoms with Crippen LogP contribution in [0.1, 0.15) is 47.2 Å². The lowest BCUT2D eigenvalue weighted by atomic mass is 9.90. The Morgan fingerprint density at radius 3 is 2.58 bits per heavy atom. The summed E-state index contributed by atoms with van der Waals surface area (Å²) in [5, 5.41) is 0. The van der Waals surface area contributed by atoms with Crippen LogP contribution in [0.3, 0.4) is 0 Å². The Morgan fingerprint density at radius 1 is 1.32 bits per heavy atom. The van der Waals surface area contributed by atoms with Crippen molar-refractivity contribution in [3.8, 4) is 0 Å². The highest BCUT2D eigenvalue weighted by molar-refractivity contribution is 5.94. The number of nitrogens with two attached hydrogens (primary N) is 1. The fourth-order valence-corrected chi connectivity index (χ4v) is 2.45. The van der Waals surface area contributed by atoms with Crippen LogP contribution in [0.2, 0.25) is 0 Å². The molecule has 0 aromatic heterocycles. The van der Waals surface area contributed by atoms with E-state index in [4.69, 9.17) is 5.73 Å². The van der Waals surface area contributed by atoms with E-state index in [2.05, 4.69) is 13.8 Å². The van der Waals surface area contributed by atoms with E-state index in [1.54, 1.807) is 0 Å². The number of hydrogen-bond acceptors (Lipinski definition) is 2. The third kappa shape index (κ3) is 3.16. The Labute approximate surface area is 115 Å². The Balaban J connectivity index is 2.15. The normalized spacial score (nSPS) is 15.1. The first-order valence-corrected chi connectivity index (χ1v) is 7.21. The molecule has 0 heterocycles. The zero-order valence-corrected chi connectivity index (χ0v) is 12.0. The quantitative estimate of drug-likeness (QED) is 0.884. The molecule has 19 heavy (non-hydrogen) atoms. The maximum atomic E-state index is 12.6. The molecule has 2 N–H and O–H groups in total. The van der Waals surface area contributed by atoms with Crippen LogP contribution in [-0.2, 0) is 0 Å². The number of aryl methyl sites for hydroxylation is 2. The third-order valence-corrected chi connectivity index (χ3v) is 4.13. The molecule has 0 aliphatic heterocycles. The molecule has 1 aliphatic rings. The van der Waals surface area contributed by atoms with Gasteiger partial charge in [0.15, 0.2) is 0 Å². The summed E-state index contributed by atoms with van der Waals surface area (Å²) in [6.07, 6.45) is 4.40. The SMILES string of the molecule is Cc1ccc(C(=O)N(CCCN)C2CCC2)cc1C. The number of benzene rings is 1. The van der Waals surface area contributed by atoms with E-state index in [0.29, 0.717) is 12.6 Å². The van der Waals surface area contributed by atoms with Crippen LogP contribution in [0.4, 0.5) is 0 Å². The molecule has 0 bridgehead atoms. The molecule has 1 aliphatic carbocycles. The number of nitrogens with zero attached hydrogens (tertiary/aromatic N) is 1. The predicted molar refractivity (Wildman–Crippen MR) is 78.3 cm³/mol. The lowest BCUT2D eigenvalue weighted by molar-refractivity contribution is 0.0578. The van der Waals surface area contributed by atoms with Crippen LogP contribution >= 0.6 is 0 Å². The highest BCUT2D eigenvalue weighted by Crippen LogP contribution is 2.26. The van der Waals surface area contributed by atoms with Crippen molar-refractivity contribution in [2.45, 2.75) is 45.6 Å². The summed E-state index contributed by atoms with van der Waals surface area (Å²) in [6.45, 7) is 5.55. The number of rotatable bonds is 5. The van der Waals surface area contributed by atoms with Crippen molar-refractivity contribution in [1.82, 2.24) is 4.90 Å². The molecular weight excluding hydrogens is 236 g/mol. The van der Waals surface area contributed by atoms with Crippen molar-refractivity contribution in [1.29, 1.82) is 0 Å². The molecule has 2 rings (SSSR count). The van der Waals surface area contributed by atoms with E-state index < -0.39 is 0 Å². The second kappa shape index (κ2) is 6.20. The van der Waals surface area contributed by atoms with Crippen LogP contribution in [0.5, 0.6) is 0 Å². The maximum Gasteiger partial charge on any atom is 0.254 e. The van der Waals surface area contributed by atoms with Gasteiger partial charge in [-0.15, -0.1) is 0 Å². The fraction of sp³-hybridized carbons (Fsp3) is 0.562. The topological polar surface area (TPSA) is 46.3 Å². The van der Waals surface area contributed by atoms with Gasteiger partial charge in [0.05, 0.1) is 0 Å². The van der Waals surface area contributed by atoms with Crippen LogP contribution in [0.25, 0.3) is 0 Å². The first-order chi connectivity index (χ1) is 9.13. The van der Waals surface area contributed by atoms with E-state index in [-0.39, 0.29) is 5.91 Å². The standard InChI is InChI=1S/C16H24N2O/c1-12-7-8-14(11-13(12)2)16(19)18(10-4-9-17)15-5-3-6-15/h7-8,11,15H,3-6,9-10,17H2,1-2H3. The molecule has 1 fully saturated rings. The van der Waals surface area contributed by atoms with Crippen molar-refractivity contribution < 1.29 is 4.79 Å². The summed E-state index contributed by atoms with van der Waals surface area (Å²) in [7, 11) is 0. The summed E-state index contributed by atoms with van der Waals surface area (Å²) in [4.78, 5) is 14.7. The average molecular weight is 260 g/mol. The second-order valence-electron chi connectivity index (χ2n) is 5.52. The first-order valence-electron chi connectivity index (χ1n) is 7.21. The van der Waals surface area contributed by atoms with E-state index in [9.17, 15) is 4.79 Å². The first kappa shape index (κ1) is 14.1. The fourth-order valence-electron chi connectivity index (χ4n) is 2.45.